The molecule has 28 nitrogen and oxygen atoms in total. The molecule has 0 saturated heterocycles. The zero-order chi connectivity index (χ0) is 102. The van der Waals surface area contributed by atoms with Gasteiger partial charge in [-0.1, -0.05) is 126 Å². The van der Waals surface area contributed by atoms with Gasteiger partial charge in [0.05, 0.1) is 55.1 Å². The quantitative estimate of drug-likeness (QED) is 0.00742. The molecule has 6 aromatic rings. The minimum absolute atomic E-state index is 0.0238. The summed E-state index contributed by atoms with van der Waals surface area (Å²) in [4.78, 5) is 51.6. The Morgan fingerprint density at radius 2 is 0.965 bits per heavy atom. The summed E-state index contributed by atoms with van der Waals surface area (Å²) in [7, 11) is -16.0. The fraction of sp³-hybridized carbons (Fsp3) is 0.554. The van der Waals surface area contributed by atoms with Gasteiger partial charge < -0.3 is 65.0 Å². The van der Waals surface area contributed by atoms with E-state index in [1.165, 1.54) is 73.7 Å². The van der Waals surface area contributed by atoms with E-state index in [0.717, 1.165) is 269 Å². The lowest BCUT2D eigenvalue weighted by Gasteiger charge is -2.39. The molecule has 0 spiro atoms. The number of amides is 1. The minimum Gasteiger partial charge on any atom is -0.744 e. The number of aliphatic hydroxyl groups is 4. The third kappa shape index (κ3) is 25.1. The molecule has 2 aliphatic carbocycles. The van der Waals surface area contributed by atoms with Crippen molar-refractivity contribution in [2.24, 2.45) is 29.4 Å². The first-order valence-corrected chi connectivity index (χ1v) is 58.8. The number of aryl methyl sites for hydroxylation is 4. The average Bonchev–Trinajstić information content (AvgIpc) is 0.812. The Morgan fingerprint density at radius 3 is 1.46 bits per heavy atom. The monoisotopic (exact) mass is 2050 g/mol. The number of anilines is 2. The third-order valence-electron chi connectivity index (χ3n) is 30.9. The second kappa shape index (κ2) is 49.3. The number of ketones is 2. The lowest BCUT2D eigenvalue weighted by atomic mass is 9.82. The second-order valence-electron chi connectivity index (χ2n) is 41.1. The van der Waals surface area contributed by atoms with Crippen molar-refractivity contribution < 1.29 is 92.8 Å². The number of carbonyl (C=O) groups excluding carboxylic acids is 3. The molecular formula is C112H146N8O20S4. The molecule has 10 aliphatic heterocycles. The zero-order valence-electron chi connectivity index (χ0n) is 83.6. The zero-order valence-corrected chi connectivity index (χ0v) is 86.9. The Balaban J connectivity index is 0.000000176. The van der Waals surface area contributed by atoms with Crippen LogP contribution in [0.5, 0.6) is 23.0 Å². The third-order valence-corrected chi connectivity index (χ3v) is 35.3. The predicted molar refractivity (Wildman–Crippen MR) is 555 cm³/mol. The molecule has 32 heteroatoms. The first-order chi connectivity index (χ1) is 69.5. The van der Waals surface area contributed by atoms with Gasteiger partial charge in [0, 0.05) is 198 Å². The van der Waals surface area contributed by atoms with Crippen LogP contribution in [-0.2, 0) is 112 Å². The van der Waals surface area contributed by atoms with Gasteiger partial charge in [0.15, 0.2) is 0 Å². The number of nitrogens with two attached hydrogens (primary N) is 1. The second-order valence-corrected chi connectivity index (χ2v) is 46.8. The van der Waals surface area contributed by atoms with Crippen LogP contribution in [0.4, 0.5) is 11.4 Å². The number of sulfonamides is 1. The van der Waals surface area contributed by atoms with E-state index in [1.54, 1.807) is 36.4 Å². The van der Waals surface area contributed by atoms with E-state index < -0.39 is 76.5 Å². The number of allylic oxidation sites excluding steroid dienone is 4. The van der Waals surface area contributed by atoms with Crippen LogP contribution in [0.15, 0.2) is 129 Å². The number of aliphatic hydroxyl groups excluding tert-OH is 4. The number of Topliss-reactive ketones (excluding diaryl/α,β-unsaturated/α-hetero) is 2. The number of hydrogen-bond acceptors (Lipinski definition) is 22. The molecular weight excluding hydrogens is 1910 g/mol. The maximum absolute atomic E-state index is 13.8. The summed E-state index contributed by atoms with van der Waals surface area (Å²) in [5.41, 5.74) is 21.0. The lowest BCUT2D eigenvalue weighted by molar-refractivity contribution is -0.137. The van der Waals surface area contributed by atoms with Crippen molar-refractivity contribution >= 4 is 87.2 Å². The average molecular weight is 2050 g/mol. The molecule has 10 N–H and O–H groups in total. The van der Waals surface area contributed by atoms with Gasteiger partial charge in [0.2, 0.25) is 26.6 Å². The summed E-state index contributed by atoms with van der Waals surface area (Å²) < 4.78 is 145. The number of carboxylic acid groups (broad SMARTS) is 1. The fourth-order valence-corrected chi connectivity index (χ4v) is 27.5. The van der Waals surface area contributed by atoms with Crippen LogP contribution in [-0.4, -0.2) is 190 Å². The van der Waals surface area contributed by atoms with E-state index in [-0.39, 0.29) is 87.2 Å². The van der Waals surface area contributed by atoms with Crippen molar-refractivity contribution in [2.45, 2.75) is 315 Å². The summed E-state index contributed by atoms with van der Waals surface area (Å²) in [5, 5.41) is 56.4. The highest BCUT2D eigenvalue weighted by atomic mass is 32.2. The van der Waals surface area contributed by atoms with Crippen LogP contribution >= 0.6 is 0 Å². The minimum atomic E-state index is -5.19. The predicted octanol–water partition coefficient (Wildman–Crippen LogP) is 11.8. The number of ether oxygens (including phenoxy) is 2. The molecule has 0 bridgehead atoms. The van der Waals surface area contributed by atoms with Crippen molar-refractivity contribution in [3.8, 4) is 23.0 Å². The number of aliphatic carboxylic acids is 1. The standard InChI is InChI=1S/C56H72N4O10S2.C36H42N4O5S2.C20H32O5/c1-2-3-7-18-39(61)23-25-42-41(48(62)36-49(42)63)19-8-4-5-9-22-51(64)57-27-10-6-11-28-58-71(65,66)40-24-26-43(50(35-40)72(67,68)69)52-46-33-37-16-12-29-59-31-14-20-44(53(37)59)55(46)70-56-45-21-15-32-60-30-13-17-38(54(45)60)34-47(52)56;37-14-2-1-3-15-38-46(41)25-12-13-26(31(22-25)47(42,43)44)32-29-20-23-8-4-16-39-18-6-10-27(33(23)39)35(29)45-36-28-11-7-19-40-17-5-9-24(34(28)40)21-30(32)36;1-2-3-6-9-15(21)12-13-17-16(18(22)14-19(17)23)10-7-4-5-8-11-20(24)25/h4,8,23-26,33-35,39,41-42,49,58,61,63H,2-3,5-7,9-22,27-32,36H2,1H3,(H-,57,64,67,68,69);12-13,20-22,38H,1-11,14-19,37H2;4,7,12-13,15-17,19,21,23H,2-3,5-6,8-11,14H2,1H3,(H,24,25)/b8-4-,25-23+;;7-4-,13-12+/t39?,41?,42-,49?;;15?,16-,17-,19?/m1.1/s1. The first-order valence-electron chi connectivity index (χ1n) is 53.4. The molecule has 6 aromatic carbocycles. The smallest absolute Gasteiger partial charge is 0.303 e. The van der Waals surface area contributed by atoms with E-state index in [1.807, 2.05) is 24.3 Å². The SMILES string of the molecule is CCCCCC(O)/C=C/[C@H]1C(O)CC(=O)C1C/C=C\CCCC(=O)NCCCCCNS(=O)(=O)c1ccc(C2=c3cc4c5c(c3Oc3c2cc2c6c3CCCN6CCC2)CCC[N+]=5CCC4)c(S(=O)(=O)[O-])c1.CCCCCC(O)/C=C/[C@H]1C(O)CC(=O)[C@@H]1C/C=C\CCCC(=O)O.NCCCCCNS(=O)c1ccc(C2=c3cc4c5c(c3Oc3c2cc2c6c3CCCN6CCC2)CCC[N+]=5CCC4)c(S(=O)(=O)[O-])c1. The van der Waals surface area contributed by atoms with Gasteiger partial charge in [-0.3, -0.25) is 19.2 Å². The number of carbonyl (C=O) groups is 4. The topological polar surface area (TPSA) is 428 Å². The molecule has 778 valence electrons. The molecule has 2 saturated carbocycles. The lowest BCUT2D eigenvalue weighted by Crippen LogP contribution is -2.45. The van der Waals surface area contributed by atoms with Crippen molar-refractivity contribution in [3.05, 3.63) is 197 Å². The molecule has 18 rings (SSSR count). The number of nitrogens with one attached hydrogen (secondary N) is 3. The van der Waals surface area contributed by atoms with E-state index in [0.29, 0.717) is 119 Å². The van der Waals surface area contributed by atoms with Crippen LogP contribution in [0.2, 0.25) is 0 Å². The van der Waals surface area contributed by atoms with Gasteiger partial charge in [-0.2, -0.15) is 0 Å². The molecule has 2 fully saturated rings. The number of unbranched alkanes of at least 4 members (excludes halogenated alkanes) is 10. The molecule has 1 amide bonds. The summed E-state index contributed by atoms with van der Waals surface area (Å²) >= 11 is 0. The normalized spacial score (nSPS) is 20.9. The van der Waals surface area contributed by atoms with Gasteiger partial charge in [0.1, 0.15) is 92.0 Å². The molecule has 10 heterocycles. The van der Waals surface area contributed by atoms with Crippen LogP contribution in [0.3, 0.4) is 0 Å². The molecule has 6 unspecified atom stereocenters. The number of benzene rings is 6. The highest BCUT2D eigenvalue weighted by molar-refractivity contribution is 7.89. The summed E-state index contributed by atoms with van der Waals surface area (Å²) in [6, 6.07) is 17.2. The highest BCUT2D eigenvalue weighted by Gasteiger charge is 2.44. The molecule has 0 aromatic heterocycles. The van der Waals surface area contributed by atoms with Crippen molar-refractivity contribution in [1.82, 2.24) is 23.9 Å². The first kappa shape index (κ1) is 107. The van der Waals surface area contributed by atoms with Gasteiger partial charge in [-0.15, -0.1) is 0 Å². The summed E-state index contributed by atoms with van der Waals surface area (Å²) in [5.74, 6) is 1.03. The maximum Gasteiger partial charge on any atom is 0.303 e. The van der Waals surface area contributed by atoms with Crippen LogP contribution < -0.4 is 70.1 Å². The maximum atomic E-state index is 13.8. The Kier molecular flexibility index (Phi) is 36.8. The molecule has 144 heavy (non-hydrogen) atoms. The fourth-order valence-electron chi connectivity index (χ4n) is 23.9. The Labute approximate surface area is 850 Å². The Bertz CT molecular complexity index is 6580. The van der Waals surface area contributed by atoms with Gasteiger partial charge in [0.25, 0.3) is 0 Å². The van der Waals surface area contributed by atoms with E-state index >= 15 is 0 Å². The largest absolute Gasteiger partial charge is 0.744 e. The number of carboxylic acids is 1. The van der Waals surface area contributed by atoms with E-state index in [4.69, 9.17) is 20.3 Å². The van der Waals surface area contributed by atoms with Gasteiger partial charge in [-0.25, -0.2) is 48.1 Å². The van der Waals surface area contributed by atoms with E-state index in [2.05, 4.69) is 71.8 Å². The van der Waals surface area contributed by atoms with E-state index in [9.17, 15) is 78.2 Å². The summed E-state index contributed by atoms with van der Waals surface area (Å²) in [6.45, 7) is 13.8. The number of fused-ring (bicyclic) bond motifs is 8. The number of hydrogen-bond donors (Lipinski definition) is 9. The van der Waals surface area contributed by atoms with Crippen LogP contribution in [0.25, 0.3) is 11.1 Å². The highest BCUT2D eigenvalue weighted by Crippen LogP contribution is 2.52. The molecule has 0 radical (unpaired) electrons. The Hall–Kier alpha value is -9.26. The Morgan fingerprint density at radius 1 is 0.514 bits per heavy atom. The van der Waals surface area contributed by atoms with Crippen LogP contribution in [0, 0.1) is 23.7 Å². The van der Waals surface area contributed by atoms with Crippen LogP contribution in [0.1, 0.15) is 286 Å². The van der Waals surface area contributed by atoms with Crippen molar-refractivity contribution in [3.63, 3.8) is 0 Å². The van der Waals surface area contributed by atoms with Crippen molar-refractivity contribution in [1.29, 1.82) is 0 Å². The molecule has 9 atom stereocenters. The van der Waals surface area contributed by atoms with Gasteiger partial charge >= 0.3 is 5.97 Å². The number of nitrogens with zero attached hydrogens (tertiary/aromatic N) is 4. The van der Waals surface area contributed by atoms with Gasteiger partial charge in [-0.05, 0) is 220 Å². The summed E-state index contributed by atoms with van der Waals surface area (Å²) in [6.07, 6.45) is 43.6. The van der Waals surface area contributed by atoms with Crippen molar-refractivity contribution in [2.75, 3.05) is 88.3 Å². The number of rotatable bonds is 43. The molecule has 12 aliphatic rings.